The van der Waals surface area contributed by atoms with Gasteiger partial charge in [-0.05, 0) is 13.8 Å². The molecule has 0 aliphatic carbocycles. The average molecular weight is 268 g/mol. The summed E-state index contributed by atoms with van der Waals surface area (Å²) in [5.41, 5.74) is 0.577. The van der Waals surface area contributed by atoms with Crippen LogP contribution >= 0.6 is 0 Å². The molecule has 0 radical (unpaired) electrons. The Balaban J connectivity index is 2.29. The summed E-state index contributed by atoms with van der Waals surface area (Å²) in [7, 11) is 1.57. The first-order valence-electron chi connectivity index (χ1n) is 6.64. The Labute approximate surface area is 113 Å². The van der Waals surface area contributed by atoms with Gasteiger partial charge in [-0.15, -0.1) is 0 Å². The molecule has 1 saturated heterocycles. The molecule has 0 amide bonds. The minimum absolute atomic E-state index is 0.265. The number of hydrogen-bond donors (Lipinski definition) is 1. The van der Waals surface area contributed by atoms with Crippen molar-refractivity contribution in [1.82, 2.24) is 5.32 Å². The third kappa shape index (κ3) is 3.10. The molecule has 1 aliphatic rings. The number of nitrogens with zero attached hydrogens (tertiary/aromatic N) is 1. The lowest BCUT2D eigenvalue weighted by molar-refractivity contribution is 0.309. The van der Waals surface area contributed by atoms with E-state index in [1.54, 1.807) is 13.2 Å². The second kappa shape index (κ2) is 6.10. The van der Waals surface area contributed by atoms with E-state index in [4.69, 9.17) is 9.47 Å². The smallest absolute Gasteiger partial charge is 0.164 e. The molecule has 0 unspecified atom stereocenters. The van der Waals surface area contributed by atoms with Crippen molar-refractivity contribution in [2.45, 2.75) is 19.9 Å². The molecule has 1 atom stereocenters. The van der Waals surface area contributed by atoms with Gasteiger partial charge >= 0.3 is 0 Å². The molecule has 19 heavy (non-hydrogen) atoms. The van der Waals surface area contributed by atoms with Gasteiger partial charge in [-0.1, -0.05) is 0 Å². The number of rotatable bonds is 4. The first-order chi connectivity index (χ1) is 9.15. The fourth-order valence-corrected chi connectivity index (χ4v) is 2.35. The van der Waals surface area contributed by atoms with E-state index in [0.29, 0.717) is 29.8 Å². The van der Waals surface area contributed by atoms with Crippen molar-refractivity contribution in [3.63, 3.8) is 0 Å². The summed E-state index contributed by atoms with van der Waals surface area (Å²) in [5.74, 6) is 0.761. The van der Waals surface area contributed by atoms with Crippen LogP contribution in [0.1, 0.15) is 13.8 Å². The minimum atomic E-state index is -0.265. The van der Waals surface area contributed by atoms with Gasteiger partial charge in [-0.3, -0.25) is 0 Å². The van der Waals surface area contributed by atoms with Crippen LogP contribution in [0.3, 0.4) is 0 Å². The molecule has 4 nitrogen and oxygen atoms in total. The van der Waals surface area contributed by atoms with Crippen molar-refractivity contribution >= 4 is 5.69 Å². The van der Waals surface area contributed by atoms with Crippen LogP contribution in [0.5, 0.6) is 11.5 Å². The largest absolute Gasteiger partial charge is 0.493 e. The summed E-state index contributed by atoms with van der Waals surface area (Å²) in [6.45, 7) is 6.88. The predicted octanol–water partition coefficient (Wildman–Crippen LogP) is 2.03. The zero-order valence-electron chi connectivity index (χ0n) is 11.7. The Kier molecular flexibility index (Phi) is 4.47. The van der Waals surface area contributed by atoms with Crippen molar-refractivity contribution in [2.75, 3.05) is 38.3 Å². The fourth-order valence-electron chi connectivity index (χ4n) is 2.35. The number of methoxy groups -OCH3 is 1. The van der Waals surface area contributed by atoms with Crippen LogP contribution in [0, 0.1) is 5.82 Å². The van der Waals surface area contributed by atoms with E-state index >= 15 is 0 Å². The number of benzene rings is 1. The number of nitrogens with one attached hydrogen (secondary N) is 1. The van der Waals surface area contributed by atoms with Crippen LogP contribution in [-0.2, 0) is 0 Å². The molecule has 1 aromatic carbocycles. The molecule has 0 spiro atoms. The van der Waals surface area contributed by atoms with Crippen LogP contribution in [0.4, 0.5) is 10.1 Å². The number of halogens is 1. The molecule has 2 rings (SSSR count). The van der Waals surface area contributed by atoms with Crippen LogP contribution in [0.25, 0.3) is 0 Å². The topological polar surface area (TPSA) is 33.7 Å². The zero-order chi connectivity index (χ0) is 13.8. The summed E-state index contributed by atoms with van der Waals surface area (Å²) in [6, 6.07) is 3.48. The molecule has 0 saturated carbocycles. The van der Waals surface area contributed by atoms with Crippen LogP contribution in [0.15, 0.2) is 12.1 Å². The molecule has 1 heterocycles. The van der Waals surface area contributed by atoms with Crippen LogP contribution in [0.2, 0.25) is 0 Å². The lowest BCUT2D eigenvalue weighted by Gasteiger charge is -2.34. The standard InChI is InChI=1S/C14H21FN2O2/c1-4-19-14-7-11(15)12(8-13(14)18-3)17-6-5-16-10(2)9-17/h7-8,10,16H,4-6,9H2,1-3H3/t10-/m1/s1. The van der Waals surface area contributed by atoms with E-state index in [9.17, 15) is 4.39 Å². The van der Waals surface area contributed by atoms with Gasteiger partial charge in [0.25, 0.3) is 0 Å². The molecule has 0 aromatic heterocycles. The zero-order valence-corrected chi connectivity index (χ0v) is 11.7. The van der Waals surface area contributed by atoms with Crippen molar-refractivity contribution in [3.8, 4) is 11.5 Å². The summed E-state index contributed by atoms with van der Waals surface area (Å²) < 4.78 is 24.9. The summed E-state index contributed by atoms with van der Waals surface area (Å²) in [6.07, 6.45) is 0. The normalized spacial score (nSPS) is 19.4. The molecule has 1 aromatic rings. The van der Waals surface area contributed by atoms with E-state index in [1.807, 2.05) is 11.8 Å². The van der Waals surface area contributed by atoms with E-state index in [0.717, 1.165) is 19.6 Å². The van der Waals surface area contributed by atoms with E-state index in [1.165, 1.54) is 6.07 Å². The van der Waals surface area contributed by atoms with Gasteiger partial charge in [0.05, 0.1) is 19.4 Å². The Morgan fingerprint density at radius 2 is 2.21 bits per heavy atom. The van der Waals surface area contributed by atoms with Crippen molar-refractivity contribution in [1.29, 1.82) is 0 Å². The van der Waals surface area contributed by atoms with Gasteiger partial charge in [-0.25, -0.2) is 4.39 Å². The Hall–Kier alpha value is -1.49. The predicted molar refractivity (Wildman–Crippen MR) is 73.8 cm³/mol. The Morgan fingerprint density at radius 1 is 1.42 bits per heavy atom. The van der Waals surface area contributed by atoms with Gasteiger partial charge in [0.15, 0.2) is 11.5 Å². The monoisotopic (exact) mass is 268 g/mol. The van der Waals surface area contributed by atoms with Crippen LogP contribution < -0.4 is 19.7 Å². The van der Waals surface area contributed by atoms with E-state index in [-0.39, 0.29) is 5.82 Å². The molecule has 106 valence electrons. The van der Waals surface area contributed by atoms with E-state index in [2.05, 4.69) is 12.2 Å². The minimum Gasteiger partial charge on any atom is -0.493 e. The fraction of sp³-hybridized carbons (Fsp3) is 0.571. The lowest BCUT2D eigenvalue weighted by Crippen LogP contribution is -2.49. The summed E-state index contributed by atoms with van der Waals surface area (Å²) >= 11 is 0. The second-order valence-electron chi connectivity index (χ2n) is 4.69. The third-order valence-electron chi connectivity index (χ3n) is 3.24. The van der Waals surface area contributed by atoms with Gasteiger partial charge < -0.3 is 19.7 Å². The highest BCUT2D eigenvalue weighted by molar-refractivity contribution is 5.58. The molecule has 1 aliphatic heterocycles. The van der Waals surface area contributed by atoms with Gasteiger partial charge in [-0.2, -0.15) is 0 Å². The molecule has 1 fully saturated rings. The quantitative estimate of drug-likeness (QED) is 0.906. The number of ether oxygens (including phenoxy) is 2. The maximum Gasteiger partial charge on any atom is 0.164 e. The Morgan fingerprint density at radius 3 is 2.84 bits per heavy atom. The molecule has 0 bridgehead atoms. The molecule has 5 heteroatoms. The highest BCUT2D eigenvalue weighted by atomic mass is 19.1. The molecular formula is C14H21FN2O2. The summed E-state index contributed by atoms with van der Waals surface area (Å²) in [5, 5.41) is 3.34. The third-order valence-corrected chi connectivity index (χ3v) is 3.24. The van der Waals surface area contributed by atoms with Gasteiger partial charge in [0.1, 0.15) is 5.82 Å². The maximum atomic E-state index is 14.2. The highest BCUT2D eigenvalue weighted by Crippen LogP contribution is 2.34. The van der Waals surface area contributed by atoms with Crippen molar-refractivity contribution in [3.05, 3.63) is 17.9 Å². The maximum absolute atomic E-state index is 14.2. The number of hydrogen-bond acceptors (Lipinski definition) is 4. The number of piperazine rings is 1. The van der Waals surface area contributed by atoms with Gasteiger partial charge in [0.2, 0.25) is 0 Å². The second-order valence-corrected chi connectivity index (χ2v) is 4.69. The lowest BCUT2D eigenvalue weighted by atomic mass is 10.2. The first kappa shape index (κ1) is 13.9. The van der Waals surface area contributed by atoms with Crippen molar-refractivity contribution < 1.29 is 13.9 Å². The first-order valence-corrected chi connectivity index (χ1v) is 6.64. The molecule has 1 N–H and O–H groups in total. The SMILES string of the molecule is CCOc1cc(F)c(N2CCN[C@H](C)C2)cc1OC. The van der Waals surface area contributed by atoms with E-state index < -0.39 is 0 Å². The number of anilines is 1. The Bertz CT molecular complexity index is 440. The van der Waals surface area contributed by atoms with Gasteiger partial charge in [0, 0.05) is 37.8 Å². The average Bonchev–Trinajstić information content (AvgIpc) is 2.39. The molecular weight excluding hydrogens is 247 g/mol. The highest BCUT2D eigenvalue weighted by Gasteiger charge is 2.21. The van der Waals surface area contributed by atoms with Crippen molar-refractivity contribution in [2.24, 2.45) is 0 Å². The van der Waals surface area contributed by atoms with Crippen LogP contribution in [-0.4, -0.2) is 39.4 Å². The summed E-state index contributed by atoms with van der Waals surface area (Å²) in [4.78, 5) is 2.04.